The van der Waals surface area contributed by atoms with Gasteiger partial charge in [-0.05, 0) is 68.6 Å². The number of hydrogen-bond donors (Lipinski definition) is 1. The third-order valence-corrected chi connectivity index (χ3v) is 5.61. The maximum absolute atomic E-state index is 11.3. The molecule has 2 saturated carbocycles. The van der Waals surface area contributed by atoms with Crippen LogP contribution in [0.2, 0.25) is 0 Å². The van der Waals surface area contributed by atoms with E-state index >= 15 is 0 Å². The zero-order valence-electron chi connectivity index (χ0n) is 13.1. The first-order valence-electron chi connectivity index (χ1n) is 8.55. The predicted octanol–water partition coefficient (Wildman–Crippen LogP) is 5.04. The normalized spacial score (nSPS) is 35.8. The van der Waals surface area contributed by atoms with Crippen LogP contribution in [0, 0.1) is 23.7 Å². The van der Waals surface area contributed by atoms with Crippen LogP contribution in [0.1, 0.15) is 71.6 Å². The molecule has 2 aliphatic rings. The highest BCUT2D eigenvalue weighted by Crippen LogP contribution is 2.42. The Hall–Kier alpha value is -0.790. The summed E-state index contributed by atoms with van der Waals surface area (Å²) in [5.74, 6) is 2.34. The number of hydrogen-bond acceptors (Lipinski definition) is 1. The van der Waals surface area contributed by atoms with E-state index in [4.69, 9.17) is 0 Å². The number of rotatable bonds is 4. The van der Waals surface area contributed by atoms with Crippen molar-refractivity contribution in [3.63, 3.8) is 0 Å². The van der Waals surface area contributed by atoms with Crippen LogP contribution in [0.15, 0.2) is 11.6 Å². The van der Waals surface area contributed by atoms with Gasteiger partial charge in [-0.3, -0.25) is 0 Å². The van der Waals surface area contributed by atoms with Crippen molar-refractivity contribution in [2.24, 2.45) is 23.7 Å². The van der Waals surface area contributed by atoms with Gasteiger partial charge in [0, 0.05) is 5.57 Å². The van der Waals surface area contributed by atoms with Gasteiger partial charge < -0.3 is 5.11 Å². The Bertz CT molecular complexity index is 342. The van der Waals surface area contributed by atoms with E-state index in [-0.39, 0.29) is 0 Å². The van der Waals surface area contributed by atoms with Crippen molar-refractivity contribution in [2.75, 3.05) is 0 Å². The monoisotopic (exact) mass is 278 g/mol. The van der Waals surface area contributed by atoms with Gasteiger partial charge in [-0.1, -0.05) is 32.8 Å². The summed E-state index contributed by atoms with van der Waals surface area (Å²) in [5.41, 5.74) is 0.684. The van der Waals surface area contributed by atoms with Crippen molar-refractivity contribution in [1.29, 1.82) is 0 Å². The third kappa shape index (κ3) is 3.86. The SMILES string of the molecule is CCC=C(C(=O)O)C1CCC(C2CCC(C)CC2)CC1. The van der Waals surface area contributed by atoms with Gasteiger partial charge in [0.1, 0.15) is 0 Å². The Balaban J connectivity index is 1.85. The van der Waals surface area contributed by atoms with Crippen LogP contribution in [-0.2, 0) is 4.79 Å². The van der Waals surface area contributed by atoms with Crippen LogP contribution in [0.5, 0.6) is 0 Å². The molecule has 0 spiro atoms. The van der Waals surface area contributed by atoms with Crippen molar-refractivity contribution in [3.05, 3.63) is 11.6 Å². The first kappa shape index (κ1) is 15.6. The molecule has 0 aromatic rings. The fraction of sp³-hybridized carbons (Fsp3) is 0.833. The van der Waals surface area contributed by atoms with Crippen molar-refractivity contribution < 1.29 is 9.90 Å². The van der Waals surface area contributed by atoms with Crippen LogP contribution >= 0.6 is 0 Å². The molecular formula is C18H30O2. The Morgan fingerprint density at radius 1 is 1.00 bits per heavy atom. The fourth-order valence-corrected chi connectivity index (χ4v) is 4.31. The zero-order chi connectivity index (χ0) is 14.5. The van der Waals surface area contributed by atoms with Gasteiger partial charge >= 0.3 is 5.97 Å². The summed E-state index contributed by atoms with van der Waals surface area (Å²) in [5, 5.41) is 9.33. The van der Waals surface area contributed by atoms with E-state index in [1.165, 1.54) is 38.5 Å². The largest absolute Gasteiger partial charge is 0.478 e. The second kappa shape index (κ2) is 7.28. The second-order valence-corrected chi connectivity index (χ2v) is 7.00. The standard InChI is InChI=1S/C18H30O2/c1-3-4-17(18(19)20)16-11-9-15(10-12-16)14-7-5-13(2)6-8-14/h4,13-16H,3,5-12H2,1-2H3,(H,19,20). The number of aliphatic carboxylic acids is 1. The molecule has 0 atom stereocenters. The van der Waals surface area contributed by atoms with Gasteiger partial charge in [-0.2, -0.15) is 0 Å². The van der Waals surface area contributed by atoms with Crippen LogP contribution in [-0.4, -0.2) is 11.1 Å². The van der Waals surface area contributed by atoms with Crippen LogP contribution in [0.25, 0.3) is 0 Å². The summed E-state index contributed by atoms with van der Waals surface area (Å²) in [7, 11) is 0. The predicted molar refractivity (Wildman–Crippen MR) is 82.6 cm³/mol. The molecule has 0 heterocycles. The summed E-state index contributed by atoms with van der Waals surface area (Å²) >= 11 is 0. The minimum absolute atomic E-state index is 0.311. The molecular weight excluding hydrogens is 248 g/mol. The summed E-state index contributed by atoms with van der Waals surface area (Å²) in [6.45, 7) is 4.40. The molecule has 0 amide bonds. The summed E-state index contributed by atoms with van der Waals surface area (Å²) < 4.78 is 0. The van der Waals surface area contributed by atoms with Crippen molar-refractivity contribution >= 4 is 5.97 Å². The van der Waals surface area contributed by atoms with E-state index in [0.717, 1.165) is 37.0 Å². The molecule has 0 unspecified atom stereocenters. The smallest absolute Gasteiger partial charge is 0.331 e. The topological polar surface area (TPSA) is 37.3 Å². The number of carboxylic acid groups (broad SMARTS) is 1. The lowest BCUT2D eigenvalue weighted by molar-refractivity contribution is -0.133. The molecule has 1 N–H and O–H groups in total. The number of carboxylic acids is 1. The van der Waals surface area contributed by atoms with Crippen LogP contribution in [0.4, 0.5) is 0 Å². The molecule has 2 heteroatoms. The quantitative estimate of drug-likeness (QED) is 0.731. The van der Waals surface area contributed by atoms with Crippen LogP contribution in [0.3, 0.4) is 0 Å². The van der Waals surface area contributed by atoms with Crippen molar-refractivity contribution in [2.45, 2.75) is 71.6 Å². The van der Waals surface area contributed by atoms with Crippen molar-refractivity contribution in [1.82, 2.24) is 0 Å². The van der Waals surface area contributed by atoms with Gasteiger partial charge in [-0.15, -0.1) is 0 Å². The fourth-order valence-electron chi connectivity index (χ4n) is 4.31. The lowest BCUT2D eigenvalue weighted by Crippen LogP contribution is -2.27. The highest BCUT2D eigenvalue weighted by Gasteiger charge is 2.32. The zero-order valence-corrected chi connectivity index (χ0v) is 13.1. The summed E-state index contributed by atoms with van der Waals surface area (Å²) in [6, 6.07) is 0. The summed E-state index contributed by atoms with van der Waals surface area (Å²) in [4.78, 5) is 11.3. The van der Waals surface area contributed by atoms with Gasteiger partial charge in [-0.25, -0.2) is 4.79 Å². The molecule has 114 valence electrons. The molecule has 0 saturated heterocycles. The molecule has 2 fully saturated rings. The Morgan fingerprint density at radius 3 is 1.95 bits per heavy atom. The second-order valence-electron chi connectivity index (χ2n) is 7.00. The molecule has 0 aliphatic heterocycles. The van der Waals surface area contributed by atoms with Gasteiger partial charge in [0.05, 0.1) is 0 Å². The minimum Gasteiger partial charge on any atom is -0.478 e. The average Bonchev–Trinajstić information content (AvgIpc) is 2.45. The van der Waals surface area contributed by atoms with Gasteiger partial charge in [0.25, 0.3) is 0 Å². The maximum Gasteiger partial charge on any atom is 0.331 e. The van der Waals surface area contributed by atoms with E-state index in [1.807, 2.05) is 13.0 Å². The molecule has 0 radical (unpaired) electrons. The Morgan fingerprint density at radius 2 is 1.50 bits per heavy atom. The molecule has 0 bridgehead atoms. The molecule has 2 nitrogen and oxygen atoms in total. The lowest BCUT2D eigenvalue weighted by atomic mass is 9.68. The maximum atomic E-state index is 11.3. The van der Waals surface area contributed by atoms with Crippen molar-refractivity contribution in [3.8, 4) is 0 Å². The van der Waals surface area contributed by atoms with Gasteiger partial charge in [0.2, 0.25) is 0 Å². The van der Waals surface area contributed by atoms with Gasteiger partial charge in [0.15, 0.2) is 0 Å². The van der Waals surface area contributed by atoms with E-state index in [1.54, 1.807) is 0 Å². The third-order valence-electron chi connectivity index (χ3n) is 5.61. The lowest BCUT2D eigenvalue weighted by Gasteiger charge is -2.37. The molecule has 20 heavy (non-hydrogen) atoms. The number of allylic oxidation sites excluding steroid dienone is 1. The molecule has 0 aromatic carbocycles. The highest BCUT2D eigenvalue weighted by atomic mass is 16.4. The Labute approximate surface area is 123 Å². The van der Waals surface area contributed by atoms with E-state index < -0.39 is 5.97 Å². The molecule has 0 aromatic heterocycles. The first-order valence-corrected chi connectivity index (χ1v) is 8.55. The Kier molecular flexibility index (Phi) is 5.68. The number of carbonyl (C=O) groups is 1. The van der Waals surface area contributed by atoms with Crippen LogP contribution < -0.4 is 0 Å². The highest BCUT2D eigenvalue weighted by molar-refractivity contribution is 5.87. The average molecular weight is 278 g/mol. The van der Waals surface area contributed by atoms with E-state index in [9.17, 15) is 9.90 Å². The first-order chi connectivity index (χ1) is 9.61. The van der Waals surface area contributed by atoms with E-state index in [2.05, 4.69) is 6.92 Å². The molecule has 2 rings (SSSR count). The van der Waals surface area contributed by atoms with E-state index in [0.29, 0.717) is 11.5 Å². The summed E-state index contributed by atoms with van der Waals surface area (Å²) in [6.07, 6.45) is 13.1. The molecule has 2 aliphatic carbocycles. The minimum atomic E-state index is -0.693.